The number of anilines is 1. The molecule has 1 aliphatic carbocycles. The summed E-state index contributed by atoms with van der Waals surface area (Å²) >= 11 is 0. The summed E-state index contributed by atoms with van der Waals surface area (Å²) in [6.45, 7) is 0.377. The van der Waals surface area contributed by atoms with Crippen molar-refractivity contribution < 1.29 is 29.0 Å². The molecule has 1 aliphatic heterocycles. The Labute approximate surface area is 201 Å². The molecule has 0 aromatic heterocycles. The topological polar surface area (TPSA) is 114 Å². The van der Waals surface area contributed by atoms with E-state index >= 15 is 0 Å². The zero-order chi connectivity index (χ0) is 24.4. The monoisotopic (exact) mass is 472 g/mol. The molecule has 178 valence electrons. The minimum atomic E-state index is -1.02. The molecule has 2 unspecified atom stereocenters. The second kappa shape index (κ2) is 9.60. The Balaban J connectivity index is 1.22. The van der Waals surface area contributed by atoms with Crippen LogP contribution in [0.5, 0.6) is 0 Å². The summed E-state index contributed by atoms with van der Waals surface area (Å²) in [5.74, 6) is -2.30. The van der Waals surface area contributed by atoms with Gasteiger partial charge in [-0.25, -0.2) is 4.79 Å². The largest absolute Gasteiger partial charge is 0.481 e. The van der Waals surface area contributed by atoms with E-state index in [0.717, 1.165) is 22.3 Å². The summed E-state index contributed by atoms with van der Waals surface area (Å²) < 4.78 is 10.7. The van der Waals surface area contributed by atoms with Crippen molar-refractivity contribution in [2.45, 2.75) is 12.0 Å². The maximum absolute atomic E-state index is 12.6. The summed E-state index contributed by atoms with van der Waals surface area (Å²) in [7, 11) is 0. The van der Waals surface area contributed by atoms with Gasteiger partial charge < -0.3 is 19.9 Å². The van der Waals surface area contributed by atoms with E-state index in [-0.39, 0.29) is 31.3 Å². The van der Waals surface area contributed by atoms with Crippen LogP contribution in [0.2, 0.25) is 0 Å². The molecule has 8 nitrogen and oxygen atoms in total. The van der Waals surface area contributed by atoms with Crippen LogP contribution < -0.4 is 10.6 Å². The van der Waals surface area contributed by atoms with Gasteiger partial charge in [-0.2, -0.15) is 0 Å². The van der Waals surface area contributed by atoms with Gasteiger partial charge in [0.2, 0.25) is 0 Å². The smallest absolute Gasteiger partial charge is 0.411 e. The van der Waals surface area contributed by atoms with Crippen molar-refractivity contribution in [3.05, 3.63) is 89.5 Å². The van der Waals surface area contributed by atoms with Crippen molar-refractivity contribution in [1.29, 1.82) is 0 Å². The zero-order valence-electron chi connectivity index (χ0n) is 18.8. The predicted molar refractivity (Wildman–Crippen MR) is 128 cm³/mol. The van der Waals surface area contributed by atoms with E-state index in [9.17, 15) is 19.5 Å². The highest BCUT2D eigenvalue weighted by Crippen LogP contribution is 2.44. The number of hydrogen-bond acceptors (Lipinski definition) is 5. The summed E-state index contributed by atoms with van der Waals surface area (Å²) in [6.07, 6.45) is -0.625. The van der Waals surface area contributed by atoms with Gasteiger partial charge in [0, 0.05) is 17.2 Å². The first-order chi connectivity index (χ1) is 17.0. The van der Waals surface area contributed by atoms with Crippen molar-refractivity contribution in [3.8, 4) is 11.1 Å². The number of carboxylic acid groups (broad SMARTS) is 1. The van der Waals surface area contributed by atoms with Gasteiger partial charge in [-0.15, -0.1) is 0 Å². The van der Waals surface area contributed by atoms with Crippen molar-refractivity contribution in [2.24, 2.45) is 5.92 Å². The Morgan fingerprint density at radius 2 is 1.60 bits per heavy atom. The van der Waals surface area contributed by atoms with E-state index in [2.05, 4.69) is 22.8 Å². The first kappa shape index (κ1) is 22.6. The van der Waals surface area contributed by atoms with Gasteiger partial charge in [0.05, 0.1) is 19.3 Å². The molecule has 5 rings (SSSR count). The molecule has 2 aliphatic rings. The first-order valence-electron chi connectivity index (χ1n) is 11.3. The number of benzene rings is 3. The fourth-order valence-electron chi connectivity index (χ4n) is 4.68. The fraction of sp³-hybridized carbons (Fsp3) is 0.222. The third-order valence-electron chi connectivity index (χ3n) is 6.43. The number of rotatable bonds is 6. The van der Waals surface area contributed by atoms with E-state index in [4.69, 9.17) is 9.47 Å². The van der Waals surface area contributed by atoms with Crippen LogP contribution in [0.25, 0.3) is 11.1 Å². The van der Waals surface area contributed by atoms with Gasteiger partial charge in [-0.1, -0.05) is 54.6 Å². The van der Waals surface area contributed by atoms with E-state index in [0.29, 0.717) is 5.69 Å². The average molecular weight is 472 g/mol. The molecular weight excluding hydrogens is 448 g/mol. The van der Waals surface area contributed by atoms with Crippen LogP contribution in [0, 0.1) is 5.92 Å². The lowest BCUT2D eigenvalue weighted by Crippen LogP contribution is -2.42. The molecule has 0 bridgehead atoms. The predicted octanol–water partition coefficient (Wildman–Crippen LogP) is 3.88. The Bertz CT molecular complexity index is 1240. The highest BCUT2D eigenvalue weighted by molar-refractivity contribution is 5.96. The number of carbonyl (C=O) groups excluding carboxylic acids is 2. The molecule has 3 aromatic carbocycles. The quantitative estimate of drug-likeness (QED) is 0.502. The molecule has 1 saturated heterocycles. The van der Waals surface area contributed by atoms with Gasteiger partial charge in [0.1, 0.15) is 12.5 Å². The molecule has 3 aromatic rings. The third kappa shape index (κ3) is 4.61. The Hall–Kier alpha value is -4.17. The second-order valence-corrected chi connectivity index (χ2v) is 8.59. The van der Waals surface area contributed by atoms with Gasteiger partial charge in [0.25, 0.3) is 5.91 Å². The summed E-state index contributed by atoms with van der Waals surface area (Å²) in [4.78, 5) is 36.5. The highest BCUT2D eigenvalue weighted by Gasteiger charge is 2.35. The van der Waals surface area contributed by atoms with E-state index in [1.807, 2.05) is 36.4 Å². The number of hydrogen-bond donors (Lipinski definition) is 3. The van der Waals surface area contributed by atoms with Crippen molar-refractivity contribution >= 4 is 23.7 Å². The number of ether oxygens (including phenoxy) is 2. The number of nitrogens with one attached hydrogen (secondary N) is 2. The molecule has 1 heterocycles. The van der Waals surface area contributed by atoms with Crippen LogP contribution >= 0.6 is 0 Å². The van der Waals surface area contributed by atoms with Crippen LogP contribution in [-0.2, 0) is 14.3 Å². The van der Waals surface area contributed by atoms with Gasteiger partial charge in [-0.3, -0.25) is 14.9 Å². The third-order valence-corrected chi connectivity index (χ3v) is 6.43. The molecule has 0 radical (unpaired) electrons. The number of amides is 2. The molecule has 0 saturated carbocycles. The molecule has 2 amide bonds. The number of aliphatic carboxylic acids is 1. The van der Waals surface area contributed by atoms with Crippen LogP contribution in [0.15, 0.2) is 72.8 Å². The standard InChI is InChI=1S/C27H24N2O6/c30-25(29-24-15-34-13-23(24)26(31)32)16-6-5-7-17(12-16)28-27(33)35-14-22-20-10-3-1-8-18(20)19-9-2-4-11-21(19)22/h1-12,22-24H,13-15H2,(H,28,33)(H,29,30)(H,31,32). The Morgan fingerprint density at radius 3 is 2.29 bits per heavy atom. The minimum absolute atomic E-state index is 0.0546. The van der Waals surface area contributed by atoms with Crippen LogP contribution in [0.4, 0.5) is 10.5 Å². The summed E-state index contributed by atoms with van der Waals surface area (Å²) in [6, 6.07) is 22.0. The fourth-order valence-corrected chi connectivity index (χ4v) is 4.68. The van der Waals surface area contributed by atoms with E-state index in [1.165, 1.54) is 6.07 Å². The SMILES string of the molecule is O=C(Nc1cccc(C(=O)NC2COCC2C(=O)O)c1)OCC1c2ccccc2-c2ccccc21. The van der Waals surface area contributed by atoms with Crippen LogP contribution in [-0.4, -0.2) is 48.9 Å². The maximum atomic E-state index is 12.6. The second-order valence-electron chi connectivity index (χ2n) is 8.59. The van der Waals surface area contributed by atoms with Crippen molar-refractivity contribution in [1.82, 2.24) is 5.32 Å². The van der Waals surface area contributed by atoms with Crippen molar-refractivity contribution in [2.75, 3.05) is 25.1 Å². The molecule has 1 fully saturated rings. The maximum Gasteiger partial charge on any atom is 0.411 e. The molecule has 35 heavy (non-hydrogen) atoms. The average Bonchev–Trinajstić information content (AvgIpc) is 3.45. The minimum Gasteiger partial charge on any atom is -0.481 e. The van der Waals surface area contributed by atoms with Crippen molar-refractivity contribution in [3.63, 3.8) is 0 Å². The summed E-state index contributed by atoms with van der Waals surface area (Å²) in [5.41, 5.74) is 5.22. The molecule has 0 spiro atoms. The lowest BCUT2D eigenvalue weighted by Gasteiger charge is -2.16. The molecule has 3 N–H and O–H groups in total. The van der Waals surface area contributed by atoms with Crippen LogP contribution in [0.3, 0.4) is 0 Å². The number of carboxylic acids is 1. The van der Waals surface area contributed by atoms with E-state index in [1.54, 1.807) is 18.2 Å². The van der Waals surface area contributed by atoms with Gasteiger partial charge in [0.15, 0.2) is 0 Å². The Morgan fingerprint density at radius 1 is 0.914 bits per heavy atom. The summed E-state index contributed by atoms with van der Waals surface area (Å²) in [5, 5.41) is 14.6. The first-order valence-corrected chi connectivity index (χ1v) is 11.3. The van der Waals surface area contributed by atoms with E-state index < -0.39 is 29.9 Å². The molecular formula is C27H24N2O6. The highest BCUT2D eigenvalue weighted by atomic mass is 16.5. The van der Waals surface area contributed by atoms with Crippen LogP contribution in [0.1, 0.15) is 27.4 Å². The lowest BCUT2D eigenvalue weighted by molar-refractivity contribution is -0.142. The normalized spacial score (nSPS) is 18.4. The Kier molecular flexibility index (Phi) is 6.20. The molecule has 2 atom stereocenters. The van der Waals surface area contributed by atoms with Gasteiger partial charge >= 0.3 is 12.1 Å². The van der Waals surface area contributed by atoms with Gasteiger partial charge in [-0.05, 0) is 40.5 Å². The zero-order valence-corrected chi connectivity index (χ0v) is 18.8. The lowest BCUT2D eigenvalue weighted by atomic mass is 9.98. The number of fused-ring (bicyclic) bond motifs is 3. The molecule has 8 heteroatoms. The number of carbonyl (C=O) groups is 3.